The number of aliphatic hydroxyl groups excluding tert-OH is 2. The number of carbonyl (C=O) groups excluding carboxylic acids is 1. The van der Waals surface area contributed by atoms with E-state index in [2.05, 4.69) is 17.2 Å². The van der Waals surface area contributed by atoms with Gasteiger partial charge in [0.15, 0.2) is 5.76 Å². The maximum absolute atomic E-state index is 11.1. The predicted molar refractivity (Wildman–Crippen MR) is 49.6 cm³/mol. The van der Waals surface area contributed by atoms with E-state index in [-0.39, 0.29) is 5.70 Å². The quantitative estimate of drug-likeness (QED) is 0.494. The van der Waals surface area contributed by atoms with Crippen LogP contribution in [-0.4, -0.2) is 21.2 Å². The van der Waals surface area contributed by atoms with Crippen LogP contribution in [0.15, 0.2) is 28.3 Å². The van der Waals surface area contributed by atoms with Crippen molar-refractivity contribution >= 4 is 23.2 Å². The standard InChI is InChI=1S/C8H7NO3S/c1-4-2-5(9-3-13)7(11)8(12)6(4)10/h2,4,11-12H,1H3. The number of Topliss-reactive ketones (excluding diaryl/α,β-unsaturated/α-hetero) is 1. The van der Waals surface area contributed by atoms with Gasteiger partial charge in [0, 0.05) is 5.92 Å². The van der Waals surface area contributed by atoms with Crippen molar-refractivity contribution in [2.45, 2.75) is 6.92 Å². The Labute approximate surface area is 79.9 Å². The molecule has 1 unspecified atom stereocenters. The van der Waals surface area contributed by atoms with Crippen LogP contribution in [0, 0.1) is 5.92 Å². The van der Waals surface area contributed by atoms with E-state index in [1.165, 1.54) is 6.08 Å². The molecule has 2 N–H and O–H groups in total. The molecule has 0 aromatic rings. The van der Waals surface area contributed by atoms with Crippen LogP contribution in [0.1, 0.15) is 6.92 Å². The van der Waals surface area contributed by atoms with Gasteiger partial charge >= 0.3 is 0 Å². The number of rotatable bonds is 1. The highest BCUT2D eigenvalue weighted by atomic mass is 32.1. The lowest BCUT2D eigenvalue weighted by molar-refractivity contribution is -0.120. The van der Waals surface area contributed by atoms with Gasteiger partial charge in [-0.25, -0.2) is 0 Å². The zero-order valence-electron chi connectivity index (χ0n) is 6.81. The fourth-order valence-electron chi connectivity index (χ4n) is 0.984. The summed E-state index contributed by atoms with van der Waals surface area (Å²) in [4.78, 5) is 14.6. The molecule has 0 aromatic heterocycles. The monoisotopic (exact) mass is 197 g/mol. The van der Waals surface area contributed by atoms with Crippen LogP contribution < -0.4 is 0 Å². The van der Waals surface area contributed by atoms with Gasteiger partial charge in [-0.2, -0.15) is 4.99 Å². The van der Waals surface area contributed by atoms with Crippen molar-refractivity contribution in [2.24, 2.45) is 10.9 Å². The van der Waals surface area contributed by atoms with E-state index < -0.39 is 23.2 Å². The molecule has 4 nitrogen and oxygen atoms in total. The lowest BCUT2D eigenvalue weighted by Gasteiger charge is -2.13. The number of hydrogen-bond donors (Lipinski definition) is 2. The number of ketones is 1. The summed E-state index contributed by atoms with van der Waals surface area (Å²) in [5.74, 6) is -2.24. The second kappa shape index (κ2) is 3.51. The van der Waals surface area contributed by atoms with E-state index in [1.807, 2.05) is 5.16 Å². The van der Waals surface area contributed by atoms with Crippen molar-refractivity contribution in [3.63, 3.8) is 0 Å². The maximum Gasteiger partial charge on any atom is 0.207 e. The van der Waals surface area contributed by atoms with Gasteiger partial charge in [-0.15, -0.1) is 0 Å². The summed E-state index contributed by atoms with van der Waals surface area (Å²) in [7, 11) is 0. The summed E-state index contributed by atoms with van der Waals surface area (Å²) in [6.07, 6.45) is 1.41. The van der Waals surface area contributed by atoms with Crippen LogP contribution in [0.2, 0.25) is 0 Å². The first-order valence-electron chi connectivity index (χ1n) is 3.54. The first-order valence-corrected chi connectivity index (χ1v) is 3.95. The van der Waals surface area contributed by atoms with Gasteiger partial charge in [-0.3, -0.25) is 4.79 Å². The largest absolute Gasteiger partial charge is 0.503 e. The Kier molecular flexibility index (Phi) is 2.60. The molecule has 5 heteroatoms. The Hall–Kier alpha value is -1.45. The van der Waals surface area contributed by atoms with Gasteiger partial charge < -0.3 is 10.2 Å². The molecule has 0 aromatic carbocycles. The molecule has 68 valence electrons. The molecule has 0 aliphatic heterocycles. The Morgan fingerprint density at radius 1 is 1.54 bits per heavy atom. The van der Waals surface area contributed by atoms with Gasteiger partial charge in [0.2, 0.25) is 11.5 Å². The Balaban J connectivity index is 3.20. The van der Waals surface area contributed by atoms with Crippen LogP contribution in [0.5, 0.6) is 0 Å². The van der Waals surface area contributed by atoms with Gasteiger partial charge in [-0.1, -0.05) is 6.92 Å². The molecule has 13 heavy (non-hydrogen) atoms. The third-order valence-electron chi connectivity index (χ3n) is 1.69. The minimum Gasteiger partial charge on any atom is -0.503 e. The average Bonchev–Trinajstić information content (AvgIpc) is 2.11. The van der Waals surface area contributed by atoms with Crippen LogP contribution in [-0.2, 0) is 4.79 Å². The second-order valence-corrected chi connectivity index (χ2v) is 2.79. The molecule has 0 radical (unpaired) electrons. The Morgan fingerprint density at radius 3 is 2.69 bits per heavy atom. The minimum atomic E-state index is -0.668. The predicted octanol–water partition coefficient (Wildman–Crippen LogP) is 1.52. The fourth-order valence-corrected chi connectivity index (χ4v) is 1.08. The number of aliphatic hydroxyl groups is 2. The molecular formula is C8H7NO3S. The topological polar surface area (TPSA) is 69.9 Å². The molecule has 1 atom stereocenters. The lowest BCUT2D eigenvalue weighted by Crippen LogP contribution is -2.18. The molecule has 0 bridgehead atoms. The summed E-state index contributed by atoms with van der Waals surface area (Å²) in [5.41, 5.74) is 0.0830. The number of aliphatic imine (C=N–C) groups is 1. The summed E-state index contributed by atoms with van der Waals surface area (Å²) in [5, 5.41) is 20.4. The number of isothiocyanates is 1. The van der Waals surface area contributed by atoms with Gasteiger partial charge in [0.25, 0.3) is 0 Å². The summed E-state index contributed by atoms with van der Waals surface area (Å²) >= 11 is 4.33. The van der Waals surface area contributed by atoms with Crippen molar-refractivity contribution in [1.82, 2.24) is 0 Å². The van der Waals surface area contributed by atoms with Crippen molar-refractivity contribution in [1.29, 1.82) is 0 Å². The highest BCUT2D eigenvalue weighted by Crippen LogP contribution is 2.23. The Bertz CT molecular complexity index is 364. The molecule has 0 fully saturated rings. The molecule has 0 spiro atoms. The zero-order valence-corrected chi connectivity index (χ0v) is 7.63. The summed E-state index contributed by atoms with van der Waals surface area (Å²) in [6.45, 7) is 1.59. The highest BCUT2D eigenvalue weighted by molar-refractivity contribution is 7.78. The van der Waals surface area contributed by atoms with Gasteiger partial charge in [0.05, 0.1) is 5.16 Å². The maximum atomic E-state index is 11.1. The second-order valence-electron chi connectivity index (χ2n) is 2.61. The molecule has 0 heterocycles. The smallest absolute Gasteiger partial charge is 0.207 e. The first-order chi connectivity index (χ1) is 6.07. The number of nitrogens with zero attached hydrogens (tertiary/aromatic N) is 1. The number of hydrogen-bond acceptors (Lipinski definition) is 5. The third kappa shape index (κ3) is 1.66. The van der Waals surface area contributed by atoms with Crippen LogP contribution in [0.3, 0.4) is 0 Å². The number of thiocarbonyl (C=S) groups is 1. The number of allylic oxidation sites excluding steroid dienone is 2. The van der Waals surface area contributed by atoms with E-state index in [0.29, 0.717) is 0 Å². The van der Waals surface area contributed by atoms with E-state index in [9.17, 15) is 9.90 Å². The zero-order chi connectivity index (χ0) is 10.0. The van der Waals surface area contributed by atoms with Crippen LogP contribution in [0.4, 0.5) is 0 Å². The minimum absolute atomic E-state index is 0.0830. The summed E-state index contributed by atoms with van der Waals surface area (Å²) in [6, 6.07) is 0. The first kappa shape index (κ1) is 9.64. The molecule has 1 aliphatic rings. The van der Waals surface area contributed by atoms with Crippen molar-refractivity contribution in [3.05, 3.63) is 23.3 Å². The number of carbonyl (C=O) groups is 1. The van der Waals surface area contributed by atoms with E-state index in [1.54, 1.807) is 6.92 Å². The molecule has 1 aliphatic carbocycles. The van der Waals surface area contributed by atoms with E-state index in [0.717, 1.165) is 0 Å². The van der Waals surface area contributed by atoms with Crippen molar-refractivity contribution < 1.29 is 15.0 Å². The highest BCUT2D eigenvalue weighted by Gasteiger charge is 2.26. The van der Waals surface area contributed by atoms with E-state index >= 15 is 0 Å². The van der Waals surface area contributed by atoms with Gasteiger partial charge in [-0.05, 0) is 18.3 Å². The lowest BCUT2D eigenvalue weighted by atomic mass is 9.97. The van der Waals surface area contributed by atoms with Gasteiger partial charge in [0.1, 0.15) is 5.70 Å². The van der Waals surface area contributed by atoms with Crippen LogP contribution in [0.25, 0.3) is 0 Å². The fraction of sp³-hybridized carbons (Fsp3) is 0.250. The normalized spacial score (nSPS) is 22.4. The molecule has 1 rings (SSSR count). The van der Waals surface area contributed by atoms with Crippen molar-refractivity contribution in [2.75, 3.05) is 0 Å². The van der Waals surface area contributed by atoms with Crippen molar-refractivity contribution in [3.8, 4) is 0 Å². The molecule has 0 saturated heterocycles. The molecule has 0 amide bonds. The average molecular weight is 197 g/mol. The SMILES string of the molecule is CC1C=C(N=C=S)C(O)=C(O)C1=O. The third-order valence-corrected chi connectivity index (χ3v) is 1.78. The van der Waals surface area contributed by atoms with Crippen LogP contribution >= 0.6 is 12.2 Å². The van der Waals surface area contributed by atoms with E-state index in [4.69, 9.17) is 5.11 Å². The molecule has 0 saturated carbocycles. The summed E-state index contributed by atoms with van der Waals surface area (Å²) < 4.78 is 0. The molecular weight excluding hydrogens is 190 g/mol. The Morgan fingerprint density at radius 2 is 2.15 bits per heavy atom.